The summed E-state index contributed by atoms with van der Waals surface area (Å²) in [6.07, 6.45) is -5.14. The van der Waals surface area contributed by atoms with E-state index in [0.717, 1.165) is 6.07 Å². The Morgan fingerprint density at radius 1 is 1.24 bits per heavy atom. The van der Waals surface area contributed by atoms with E-state index in [2.05, 4.69) is 5.32 Å². The first kappa shape index (κ1) is 17.8. The van der Waals surface area contributed by atoms with Gasteiger partial charge in [-0.05, 0) is 30.5 Å². The number of nitrogens with one attached hydrogen (secondary N) is 1. The first-order valence-corrected chi connectivity index (χ1v) is 6.87. The molecule has 0 aromatic heterocycles. The van der Waals surface area contributed by atoms with Crippen LogP contribution >= 0.6 is 0 Å². The van der Waals surface area contributed by atoms with Gasteiger partial charge in [-0.2, -0.15) is 13.2 Å². The number of rotatable bonds is 7. The maximum absolute atomic E-state index is 12.8. The van der Waals surface area contributed by atoms with Crippen molar-refractivity contribution in [1.82, 2.24) is 0 Å². The summed E-state index contributed by atoms with van der Waals surface area (Å²) in [7, 11) is 0. The quantitative estimate of drug-likeness (QED) is 0.810. The van der Waals surface area contributed by atoms with Gasteiger partial charge >= 0.3 is 6.18 Å². The van der Waals surface area contributed by atoms with Crippen LogP contribution in [0.3, 0.4) is 0 Å². The molecule has 0 fully saturated rings. The smallest absolute Gasteiger partial charge is 0.389 e. The van der Waals surface area contributed by atoms with Crippen molar-refractivity contribution in [2.24, 2.45) is 5.92 Å². The number of alkyl halides is 3. The topological polar surface area (TPSA) is 41.5 Å². The third-order valence-corrected chi connectivity index (χ3v) is 2.85. The fourth-order valence-electron chi connectivity index (χ4n) is 1.77. The molecule has 1 aromatic rings. The highest BCUT2D eigenvalue weighted by atomic mass is 19.4. The molecule has 3 nitrogen and oxygen atoms in total. The molecule has 1 atom stereocenters. The third-order valence-electron chi connectivity index (χ3n) is 2.85. The van der Waals surface area contributed by atoms with Crippen molar-refractivity contribution in [2.75, 3.05) is 25.1 Å². The molecule has 2 N–H and O–H groups in total. The van der Waals surface area contributed by atoms with E-state index in [0.29, 0.717) is 18.2 Å². The summed E-state index contributed by atoms with van der Waals surface area (Å²) >= 11 is 0. The van der Waals surface area contributed by atoms with Gasteiger partial charge in [-0.1, -0.05) is 19.9 Å². The van der Waals surface area contributed by atoms with Gasteiger partial charge in [0.25, 0.3) is 0 Å². The van der Waals surface area contributed by atoms with Gasteiger partial charge in [-0.15, -0.1) is 0 Å². The van der Waals surface area contributed by atoms with Gasteiger partial charge < -0.3 is 15.2 Å². The van der Waals surface area contributed by atoms with Crippen molar-refractivity contribution in [1.29, 1.82) is 0 Å². The fraction of sp³-hybridized carbons (Fsp3) is 0.600. The van der Waals surface area contributed by atoms with Crippen molar-refractivity contribution in [3.63, 3.8) is 0 Å². The predicted octanol–water partition coefficient (Wildman–Crippen LogP) is 3.46. The Balaban J connectivity index is 2.52. The van der Waals surface area contributed by atoms with E-state index in [1.807, 2.05) is 13.8 Å². The minimum atomic E-state index is -4.37. The molecule has 0 saturated carbocycles. The fourth-order valence-corrected chi connectivity index (χ4v) is 1.77. The highest BCUT2D eigenvalue weighted by molar-refractivity contribution is 5.49. The minimum Gasteiger partial charge on any atom is -0.389 e. The van der Waals surface area contributed by atoms with E-state index >= 15 is 0 Å². The molecule has 21 heavy (non-hydrogen) atoms. The lowest BCUT2D eigenvalue weighted by Gasteiger charge is -2.16. The average molecular weight is 305 g/mol. The number of halogens is 3. The zero-order valence-electron chi connectivity index (χ0n) is 12.5. The Hall–Kier alpha value is -1.27. The Morgan fingerprint density at radius 3 is 2.48 bits per heavy atom. The monoisotopic (exact) mass is 305 g/mol. The number of aliphatic hydroxyl groups excluding tert-OH is 1. The van der Waals surface area contributed by atoms with E-state index in [-0.39, 0.29) is 18.7 Å². The number of anilines is 1. The summed E-state index contributed by atoms with van der Waals surface area (Å²) in [6.45, 7) is 6.24. The molecule has 1 aromatic carbocycles. The van der Waals surface area contributed by atoms with Crippen LogP contribution in [0, 0.1) is 12.8 Å². The lowest BCUT2D eigenvalue weighted by molar-refractivity contribution is -0.138. The van der Waals surface area contributed by atoms with Gasteiger partial charge in [-0.25, -0.2) is 0 Å². The second-order valence-corrected chi connectivity index (χ2v) is 5.49. The van der Waals surface area contributed by atoms with Gasteiger partial charge in [0.05, 0.1) is 18.3 Å². The van der Waals surface area contributed by atoms with Crippen molar-refractivity contribution in [3.8, 4) is 0 Å². The van der Waals surface area contributed by atoms with Crippen LogP contribution in [-0.2, 0) is 10.9 Å². The standard InChI is InChI=1S/C15H22F3NO2/c1-10(2)8-21-9-13(20)7-19-12-5-4-11(3)14(6-12)15(16,17)18/h4-6,10,13,19-20H,7-9H2,1-3H3. The van der Waals surface area contributed by atoms with Gasteiger partial charge in [0, 0.05) is 18.8 Å². The molecule has 0 amide bonds. The van der Waals surface area contributed by atoms with Gasteiger partial charge in [-0.3, -0.25) is 0 Å². The summed E-state index contributed by atoms with van der Waals surface area (Å²) in [5.74, 6) is 0.372. The van der Waals surface area contributed by atoms with E-state index in [1.54, 1.807) is 6.07 Å². The first-order valence-electron chi connectivity index (χ1n) is 6.87. The van der Waals surface area contributed by atoms with Crippen LogP contribution in [0.5, 0.6) is 0 Å². The molecule has 6 heteroatoms. The SMILES string of the molecule is Cc1ccc(NCC(O)COCC(C)C)cc1C(F)(F)F. The predicted molar refractivity (Wildman–Crippen MR) is 76.3 cm³/mol. The molecule has 0 aliphatic rings. The van der Waals surface area contributed by atoms with Gasteiger partial charge in [0.15, 0.2) is 0 Å². The Morgan fingerprint density at radius 2 is 1.90 bits per heavy atom. The van der Waals surface area contributed by atoms with Crippen LogP contribution < -0.4 is 5.32 Å². The number of hydrogen-bond acceptors (Lipinski definition) is 3. The Bertz CT molecular complexity index is 447. The first-order chi connectivity index (χ1) is 9.70. The highest BCUT2D eigenvalue weighted by Crippen LogP contribution is 2.33. The minimum absolute atomic E-state index is 0.137. The third kappa shape index (κ3) is 6.35. The summed E-state index contributed by atoms with van der Waals surface area (Å²) in [6, 6.07) is 4.02. The summed E-state index contributed by atoms with van der Waals surface area (Å²) < 4.78 is 43.6. The van der Waals surface area contributed by atoms with E-state index in [1.165, 1.54) is 13.0 Å². The molecule has 0 aliphatic heterocycles. The van der Waals surface area contributed by atoms with Crippen LogP contribution in [0.25, 0.3) is 0 Å². The molecule has 0 saturated heterocycles. The second kappa shape index (κ2) is 7.66. The summed E-state index contributed by atoms with van der Waals surface area (Å²) in [5.41, 5.74) is -0.164. The van der Waals surface area contributed by atoms with Gasteiger partial charge in [0.1, 0.15) is 0 Å². The lowest BCUT2D eigenvalue weighted by Crippen LogP contribution is -2.25. The highest BCUT2D eigenvalue weighted by Gasteiger charge is 2.32. The van der Waals surface area contributed by atoms with Crippen LogP contribution in [0.2, 0.25) is 0 Å². The lowest BCUT2D eigenvalue weighted by atomic mass is 10.1. The van der Waals surface area contributed by atoms with Crippen LogP contribution in [0.15, 0.2) is 18.2 Å². The normalized spacial score (nSPS) is 13.5. The van der Waals surface area contributed by atoms with E-state index < -0.39 is 17.8 Å². The molecule has 0 aliphatic carbocycles. The molecular weight excluding hydrogens is 283 g/mol. The largest absolute Gasteiger partial charge is 0.416 e. The molecule has 0 heterocycles. The van der Waals surface area contributed by atoms with Crippen molar-refractivity contribution >= 4 is 5.69 Å². The second-order valence-electron chi connectivity index (χ2n) is 5.49. The van der Waals surface area contributed by atoms with Crippen molar-refractivity contribution < 1.29 is 23.0 Å². The molecule has 0 bridgehead atoms. The van der Waals surface area contributed by atoms with E-state index in [9.17, 15) is 18.3 Å². The van der Waals surface area contributed by atoms with Crippen LogP contribution in [-0.4, -0.2) is 31.0 Å². The zero-order valence-corrected chi connectivity index (χ0v) is 12.5. The number of benzene rings is 1. The Labute approximate surface area is 123 Å². The number of aliphatic hydroxyl groups is 1. The molecule has 0 spiro atoms. The maximum atomic E-state index is 12.8. The summed E-state index contributed by atoms with van der Waals surface area (Å²) in [5, 5.41) is 12.5. The summed E-state index contributed by atoms with van der Waals surface area (Å²) in [4.78, 5) is 0. The van der Waals surface area contributed by atoms with Crippen molar-refractivity contribution in [3.05, 3.63) is 29.3 Å². The number of aryl methyl sites for hydroxylation is 1. The zero-order chi connectivity index (χ0) is 16.0. The van der Waals surface area contributed by atoms with Gasteiger partial charge in [0.2, 0.25) is 0 Å². The molecular formula is C15H22F3NO2. The maximum Gasteiger partial charge on any atom is 0.416 e. The van der Waals surface area contributed by atoms with E-state index in [4.69, 9.17) is 4.74 Å². The molecule has 120 valence electrons. The average Bonchev–Trinajstić information content (AvgIpc) is 2.36. The Kier molecular flexibility index (Phi) is 6.48. The molecule has 1 rings (SSSR count). The number of ether oxygens (including phenoxy) is 1. The molecule has 0 radical (unpaired) electrons. The van der Waals surface area contributed by atoms with Crippen LogP contribution in [0.4, 0.5) is 18.9 Å². The van der Waals surface area contributed by atoms with Crippen molar-refractivity contribution in [2.45, 2.75) is 33.1 Å². The molecule has 1 unspecified atom stereocenters. The van der Waals surface area contributed by atoms with Crippen LogP contribution in [0.1, 0.15) is 25.0 Å². The number of hydrogen-bond donors (Lipinski definition) is 2.